The van der Waals surface area contributed by atoms with Gasteiger partial charge in [-0.1, -0.05) is 57.1 Å². The smallest absolute Gasteiger partial charge is 0.368 e. The van der Waals surface area contributed by atoms with Crippen LogP contribution in [0.1, 0.15) is 44.9 Å². The maximum atomic E-state index is 9.63. The first kappa shape index (κ1) is 22.3. The van der Waals surface area contributed by atoms with Crippen LogP contribution in [0.25, 0.3) is 0 Å². The van der Waals surface area contributed by atoms with Gasteiger partial charge in [0.25, 0.3) is 0 Å². The molecule has 134 valence electrons. The lowest BCUT2D eigenvalue weighted by molar-refractivity contribution is 0.225. The first-order valence-electron chi connectivity index (χ1n) is 7.27. The zero-order valence-electron chi connectivity index (χ0n) is 12.8. The summed E-state index contributed by atoms with van der Waals surface area (Å²) in [5.41, 5.74) is 0. The van der Waals surface area contributed by atoms with E-state index in [1.54, 1.807) is 0 Å². The van der Waals surface area contributed by atoms with E-state index in [-0.39, 0.29) is 0 Å². The molecule has 1 aliphatic carbocycles. The summed E-state index contributed by atoms with van der Waals surface area (Å²) in [7, 11) is -10.1. The van der Waals surface area contributed by atoms with Crippen molar-refractivity contribution in [3.63, 3.8) is 0 Å². The lowest BCUT2D eigenvalue weighted by Gasteiger charge is -2.03. The topological polar surface area (TPSA) is 136 Å². The third-order valence-corrected chi connectivity index (χ3v) is 4.38. The van der Waals surface area contributed by atoms with Crippen molar-refractivity contribution in [2.45, 2.75) is 44.9 Å². The average molecular weight is 369 g/mol. The van der Waals surface area contributed by atoms with E-state index in [4.69, 9.17) is 19.6 Å². The molecule has 0 amide bonds. The molecule has 0 aromatic heterocycles. The Morgan fingerprint density at radius 3 is 1.17 bits per heavy atom. The molecule has 23 heavy (non-hydrogen) atoms. The van der Waals surface area contributed by atoms with Crippen LogP contribution >= 0.6 is 15.6 Å². The minimum Gasteiger partial charge on any atom is -0.368 e. The van der Waals surface area contributed by atoms with Crippen LogP contribution in [0.3, 0.4) is 0 Å². The summed E-state index contributed by atoms with van der Waals surface area (Å²) in [5.74, 6) is 0. The van der Waals surface area contributed by atoms with Crippen molar-refractivity contribution in [2.24, 2.45) is 0 Å². The van der Waals surface area contributed by atoms with E-state index in [0.29, 0.717) is 0 Å². The molecular formula is C13H25NO7P2. The van der Waals surface area contributed by atoms with Crippen LogP contribution in [0.15, 0.2) is 36.7 Å². The van der Waals surface area contributed by atoms with Crippen molar-refractivity contribution in [3.05, 3.63) is 36.7 Å². The van der Waals surface area contributed by atoms with Crippen LogP contribution in [0.5, 0.6) is 0 Å². The molecule has 0 spiro atoms. The highest BCUT2D eigenvalue weighted by atomic mass is 31.3. The Kier molecular flexibility index (Phi) is 12.3. The molecule has 0 bridgehead atoms. The second-order valence-corrected chi connectivity index (χ2v) is 7.42. The van der Waals surface area contributed by atoms with Gasteiger partial charge in [-0.15, -0.1) is 0 Å². The number of rotatable bonds is 2. The molecule has 0 atom stereocenters. The van der Waals surface area contributed by atoms with Gasteiger partial charge in [0.15, 0.2) is 0 Å². The zero-order chi connectivity index (χ0) is 17.6. The van der Waals surface area contributed by atoms with Gasteiger partial charge in [0.1, 0.15) is 0 Å². The number of phosphoric acid groups is 2. The second-order valence-electron chi connectivity index (χ2n) is 4.81. The largest absolute Gasteiger partial charge is 0.478 e. The Morgan fingerprint density at radius 2 is 0.957 bits per heavy atom. The number of hydrogen-bond donors (Lipinski definition) is 5. The van der Waals surface area contributed by atoms with E-state index in [1.807, 2.05) is 36.7 Å². The molecule has 1 aliphatic heterocycles. The first-order valence-corrected chi connectivity index (χ1v) is 10.3. The molecule has 10 heteroatoms. The van der Waals surface area contributed by atoms with Crippen LogP contribution in [0.4, 0.5) is 0 Å². The van der Waals surface area contributed by atoms with E-state index >= 15 is 0 Å². The van der Waals surface area contributed by atoms with Gasteiger partial charge in [-0.05, 0) is 12.2 Å². The van der Waals surface area contributed by atoms with Crippen LogP contribution < -0.4 is 5.32 Å². The molecule has 0 aromatic carbocycles. The minimum absolute atomic E-state index is 1.50. The van der Waals surface area contributed by atoms with Crippen LogP contribution in [-0.2, 0) is 13.4 Å². The molecule has 2 aliphatic rings. The molecule has 1 saturated carbocycles. The number of nitrogens with one attached hydrogen (secondary N) is 1. The standard InChI is InChI=1S/C7H14.C6H7N.H4O7P2/c2*1-2-4-6-7-5-3-1;1-8(2,3)7-9(4,5)6/h1-7H2;1-7H;(H2,1,2,3)(H2,4,5,6). The first-order chi connectivity index (χ1) is 10.7. The molecule has 1 heterocycles. The van der Waals surface area contributed by atoms with E-state index < -0.39 is 15.6 Å². The van der Waals surface area contributed by atoms with E-state index in [0.717, 1.165) is 0 Å². The fraction of sp³-hybridized carbons (Fsp3) is 0.538. The zero-order valence-corrected chi connectivity index (χ0v) is 14.6. The Bertz CT molecular complexity index is 425. The Labute approximate surface area is 136 Å². The fourth-order valence-electron chi connectivity index (χ4n) is 1.78. The molecule has 0 saturated heterocycles. The summed E-state index contributed by atoms with van der Waals surface area (Å²) in [4.78, 5) is 31.0. The summed E-state index contributed by atoms with van der Waals surface area (Å²) >= 11 is 0. The summed E-state index contributed by atoms with van der Waals surface area (Å²) < 4.78 is 22.2. The highest BCUT2D eigenvalue weighted by Gasteiger charge is 2.27. The summed E-state index contributed by atoms with van der Waals surface area (Å²) in [6.45, 7) is 0. The van der Waals surface area contributed by atoms with Crippen molar-refractivity contribution in [1.29, 1.82) is 0 Å². The molecule has 2 rings (SSSR count). The minimum atomic E-state index is -5.05. The van der Waals surface area contributed by atoms with E-state index in [2.05, 4.69) is 9.63 Å². The van der Waals surface area contributed by atoms with E-state index in [1.165, 1.54) is 44.9 Å². The van der Waals surface area contributed by atoms with Crippen LogP contribution in [0, 0.1) is 0 Å². The maximum Gasteiger partial charge on any atom is 0.478 e. The molecule has 1 fully saturated rings. The average Bonchev–Trinajstić information content (AvgIpc) is 2.86. The maximum absolute atomic E-state index is 9.63. The van der Waals surface area contributed by atoms with Crippen LogP contribution in [-0.4, -0.2) is 19.6 Å². The Hall–Kier alpha value is -0.720. The molecule has 5 N–H and O–H groups in total. The van der Waals surface area contributed by atoms with Gasteiger partial charge < -0.3 is 24.9 Å². The molecule has 8 nitrogen and oxygen atoms in total. The lowest BCUT2D eigenvalue weighted by Crippen LogP contribution is -1.87. The van der Waals surface area contributed by atoms with Crippen LogP contribution in [0.2, 0.25) is 0 Å². The third-order valence-electron chi connectivity index (χ3n) is 2.68. The summed E-state index contributed by atoms with van der Waals surface area (Å²) in [5, 5.41) is 2.92. The lowest BCUT2D eigenvalue weighted by atomic mass is 10.2. The van der Waals surface area contributed by atoms with Crippen molar-refractivity contribution >= 4 is 15.6 Å². The van der Waals surface area contributed by atoms with Gasteiger partial charge in [-0.2, -0.15) is 4.31 Å². The normalized spacial score (nSPS) is 17.6. The summed E-state index contributed by atoms with van der Waals surface area (Å²) in [6.07, 6.45) is 22.1. The van der Waals surface area contributed by atoms with Crippen molar-refractivity contribution in [2.75, 3.05) is 0 Å². The molecule has 0 radical (unpaired) electrons. The van der Waals surface area contributed by atoms with Crippen molar-refractivity contribution in [3.8, 4) is 0 Å². The van der Waals surface area contributed by atoms with Crippen molar-refractivity contribution < 1.29 is 33.0 Å². The SMILES string of the molecule is C1=CC=CNC=C1.C1CCCCCC1.O=P(O)(O)OP(=O)(O)O. The highest BCUT2D eigenvalue weighted by molar-refractivity contribution is 7.60. The predicted octanol–water partition coefficient (Wildman–Crippen LogP) is 3.09. The quantitative estimate of drug-likeness (QED) is 0.370. The predicted molar refractivity (Wildman–Crippen MR) is 88.0 cm³/mol. The fourth-order valence-corrected chi connectivity index (χ4v) is 2.89. The molecular weight excluding hydrogens is 344 g/mol. The second kappa shape index (κ2) is 12.7. The van der Waals surface area contributed by atoms with Gasteiger partial charge >= 0.3 is 15.6 Å². The van der Waals surface area contributed by atoms with Gasteiger partial charge in [0.2, 0.25) is 0 Å². The number of hydrogen-bond acceptors (Lipinski definition) is 4. The molecule has 0 aromatic rings. The third kappa shape index (κ3) is 21.3. The monoisotopic (exact) mass is 369 g/mol. The van der Waals surface area contributed by atoms with E-state index in [9.17, 15) is 9.13 Å². The van der Waals surface area contributed by atoms with Crippen molar-refractivity contribution in [1.82, 2.24) is 5.32 Å². The van der Waals surface area contributed by atoms with Gasteiger partial charge in [0, 0.05) is 12.4 Å². The highest BCUT2D eigenvalue weighted by Crippen LogP contribution is 2.53. The number of allylic oxidation sites excluding steroid dienone is 4. The molecule has 0 unspecified atom stereocenters. The Morgan fingerprint density at radius 1 is 0.652 bits per heavy atom. The van der Waals surface area contributed by atoms with Gasteiger partial charge in [-0.3, -0.25) is 0 Å². The van der Waals surface area contributed by atoms with Gasteiger partial charge in [-0.25, -0.2) is 9.13 Å². The van der Waals surface area contributed by atoms with Gasteiger partial charge in [0.05, 0.1) is 0 Å². The Balaban J connectivity index is 0.000000318. The summed E-state index contributed by atoms with van der Waals surface area (Å²) in [6, 6.07) is 0.